The van der Waals surface area contributed by atoms with Crippen molar-refractivity contribution in [3.05, 3.63) is 52.1 Å². The highest BCUT2D eigenvalue weighted by Crippen LogP contribution is 2.35. The molecule has 0 aliphatic carbocycles. The molecule has 0 radical (unpaired) electrons. The molecule has 0 saturated carbocycles. The lowest BCUT2D eigenvalue weighted by atomic mass is 10.1. The van der Waals surface area contributed by atoms with Gasteiger partial charge in [-0.05, 0) is 24.3 Å². The summed E-state index contributed by atoms with van der Waals surface area (Å²) in [6.45, 7) is 0. The van der Waals surface area contributed by atoms with E-state index in [4.69, 9.17) is 9.47 Å². The van der Waals surface area contributed by atoms with Crippen molar-refractivity contribution in [2.24, 2.45) is 0 Å². The fourth-order valence-corrected chi connectivity index (χ4v) is 1.75. The average Bonchev–Trinajstić information content (AvgIpc) is 2.52. The van der Waals surface area contributed by atoms with Crippen molar-refractivity contribution in [3.8, 4) is 11.5 Å². The summed E-state index contributed by atoms with van der Waals surface area (Å²) in [5, 5.41) is 11.2. The maximum atomic E-state index is 11.2. The standard InChI is InChI=1S/C14H13N3O4/c1-20-13-7-10(3-4-11-5-6-15-9-16-11)12(17(18)19)8-14(13)21-2/h3-9H,1-2H3. The first-order valence-electron chi connectivity index (χ1n) is 6.00. The molecule has 7 nitrogen and oxygen atoms in total. The van der Waals surface area contributed by atoms with Gasteiger partial charge in [-0.3, -0.25) is 10.1 Å². The zero-order chi connectivity index (χ0) is 15.2. The summed E-state index contributed by atoms with van der Waals surface area (Å²) in [5.74, 6) is 0.730. The van der Waals surface area contributed by atoms with Crippen molar-refractivity contribution in [2.45, 2.75) is 0 Å². The Morgan fingerprint density at radius 3 is 2.48 bits per heavy atom. The van der Waals surface area contributed by atoms with Gasteiger partial charge >= 0.3 is 0 Å². The smallest absolute Gasteiger partial charge is 0.280 e. The Morgan fingerprint density at radius 1 is 1.19 bits per heavy atom. The lowest BCUT2D eigenvalue weighted by Crippen LogP contribution is -1.96. The van der Waals surface area contributed by atoms with Crippen LogP contribution in [0, 0.1) is 10.1 Å². The number of methoxy groups -OCH3 is 2. The molecule has 0 atom stereocenters. The molecule has 1 aromatic carbocycles. The summed E-state index contributed by atoms with van der Waals surface area (Å²) in [6, 6.07) is 4.58. The third-order valence-electron chi connectivity index (χ3n) is 2.77. The van der Waals surface area contributed by atoms with Crippen LogP contribution in [0.2, 0.25) is 0 Å². The Labute approximate surface area is 121 Å². The van der Waals surface area contributed by atoms with Crippen LogP contribution < -0.4 is 9.47 Å². The third kappa shape index (κ3) is 3.33. The Morgan fingerprint density at radius 2 is 1.90 bits per heavy atom. The summed E-state index contributed by atoms with van der Waals surface area (Å²) in [5.41, 5.74) is 0.975. The number of nitrogens with zero attached hydrogens (tertiary/aromatic N) is 3. The summed E-state index contributed by atoms with van der Waals surface area (Å²) in [4.78, 5) is 18.5. The molecule has 0 saturated heterocycles. The largest absolute Gasteiger partial charge is 0.493 e. The van der Waals surface area contributed by atoms with Gasteiger partial charge in [0.25, 0.3) is 5.69 Å². The van der Waals surface area contributed by atoms with Gasteiger partial charge < -0.3 is 9.47 Å². The molecule has 0 unspecified atom stereocenters. The van der Waals surface area contributed by atoms with Gasteiger partial charge in [0.15, 0.2) is 11.5 Å². The van der Waals surface area contributed by atoms with E-state index >= 15 is 0 Å². The number of rotatable bonds is 5. The lowest BCUT2D eigenvalue weighted by molar-refractivity contribution is -0.385. The number of aromatic nitrogens is 2. The summed E-state index contributed by atoms with van der Waals surface area (Å²) < 4.78 is 10.2. The molecular formula is C14H13N3O4. The second-order valence-electron chi connectivity index (χ2n) is 3.99. The maximum absolute atomic E-state index is 11.2. The van der Waals surface area contributed by atoms with Crippen LogP contribution in [0.3, 0.4) is 0 Å². The van der Waals surface area contributed by atoms with E-state index in [0.29, 0.717) is 22.8 Å². The van der Waals surface area contributed by atoms with Crippen LogP contribution in [-0.2, 0) is 0 Å². The highest BCUT2D eigenvalue weighted by Gasteiger charge is 2.17. The van der Waals surface area contributed by atoms with Gasteiger partial charge in [0, 0.05) is 6.20 Å². The van der Waals surface area contributed by atoms with E-state index < -0.39 is 4.92 Å². The fourth-order valence-electron chi connectivity index (χ4n) is 1.75. The Kier molecular flexibility index (Phi) is 4.45. The predicted molar refractivity (Wildman–Crippen MR) is 77.2 cm³/mol. The van der Waals surface area contributed by atoms with Gasteiger partial charge in [-0.15, -0.1) is 0 Å². The quantitative estimate of drug-likeness (QED) is 0.620. The molecule has 0 aliphatic rings. The minimum absolute atomic E-state index is 0.0713. The topological polar surface area (TPSA) is 87.4 Å². The molecule has 0 bridgehead atoms. The molecule has 0 fully saturated rings. The van der Waals surface area contributed by atoms with Crippen LogP contribution in [-0.4, -0.2) is 29.1 Å². The summed E-state index contributed by atoms with van der Waals surface area (Å²) >= 11 is 0. The molecule has 2 rings (SSSR count). The van der Waals surface area contributed by atoms with Gasteiger partial charge in [0.2, 0.25) is 0 Å². The number of hydrogen-bond acceptors (Lipinski definition) is 6. The third-order valence-corrected chi connectivity index (χ3v) is 2.77. The molecule has 2 aromatic rings. The van der Waals surface area contributed by atoms with Crippen molar-refractivity contribution in [1.82, 2.24) is 9.97 Å². The Hall–Kier alpha value is -2.96. The van der Waals surface area contributed by atoms with Crippen LogP contribution in [0.5, 0.6) is 11.5 Å². The van der Waals surface area contributed by atoms with Crippen LogP contribution in [0.25, 0.3) is 12.2 Å². The molecule has 21 heavy (non-hydrogen) atoms. The molecule has 1 aromatic heterocycles. The van der Waals surface area contributed by atoms with E-state index in [2.05, 4.69) is 9.97 Å². The van der Waals surface area contributed by atoms with Gasteiger partial charge in [-0.1, -0.05) is 0 Å². The maximum Gasteiger partial charge on any atom is 0.280 e. The van der Waals surface area contributed by atoms with Crippen LogP contribution in [0.1, 0.15) is 11.3 Å². The molecule has 0 N–H and O–H groups in total. The van der Waals surface area contributed by atoms with Crippen molar-refractivity contribution < 1.29 is 14.4 Å². The first kappa shape index (κ1) is 14.4. The fraction of sp³-hybridized carbons (Fsp3) is 0.143. The zero-order valence-electron chi connectivity index (χ0n) is 11.5. The number of benzene rings is 1. The lowest BCUT2D eigenvalue weighted by Gasteiger charge is -2.08. The molecule has 0 aliphatic heterocycles. The molecule has 0 amide bonds. The second-order valence-corrected chi connectivity index (χ2v) is 3.99. The van der Waals surface area contributed by atoms with E-state index in [1.165, 1.54) is 26.6 Å². The van der Waals surface area contributed by atoms with Gasteiger partial charge in [0.05, 0.1) is 36.5 Å². The van der Waals surface area contributed by atoms with E-state index in [1.807, 2.05) is 0 Å². The van der Waals surface area contributed by atoms with E-state index in [-0.39, 0.29) is 5.69 Å². The Balaban J connectivity index is 2.46. The van der Waals surface area contributed by atoms with Crippen molar-refractivity contribution in [2.75, 3.05) is 14.2 Å². The van der Waals surface area contributed by atoms with Crippen LogP contribution in [0.4, 0.5) is 5.69 Å². The number of nitro benzene ring substituents is 1. The predicted octanol–water partition coefficient (Wildman–Crippen LogP) is 2.57. The number of hydrogen-bond donors (Lipinski definition) is 0. The first-order valence-corrected chi connectivity index (χ1v) is 6.00. The molecular weight excluding hydrogens is 274 g/mol. The first-order chi connectivity index (χ1) is 10.2. The van der Waals surface area contributed by atoms with Crippen LogP contribution >= 0.6 is 0 Å². The minimum Gasteiger partial charge on any atom is -0.493 e. The monoisotopic (exact) mass is 287 g/mol. The molecule has 7 heteroatoms. The molecule has 1 heterocycles. The van der Waals surface area contributed by atoms with Crippen molar-refractivity contribution in [3.63, 3.8) is 0 Å². The normalized spacial score (nSPS) is 10.6. The van der Waals surface area contributed by atoms with Gasteiger partial charge in [-0.25, -0.2) is 9.97 Å². The Bertz CT molecular complexity index is 671. The SMILES string of the molecule is COc1cc(C=Cc2ccncn2)c([N+](=O)[O-])cc1OC. The molecule has 0 spiro atoms. The van der Waals surface area contributed by atoms with Crippen LogP contribution in [0.15, 0.2) is 30.7 Å². The van der Waals surface area contributed by atoms with Crippen molar-refractivity contribution >= 4 is 17.8 Å². The van der Waals surface area contributed by atoms with E-state index in [0.717, 1.165) is 0 Å². The summed E-state index contributed by atoms with van der Waals surface area (Å²) in [7, 11) is 2.90. The zero-order valence-corrected chi connectivity index (χ0v) is 11.5. The van der Waals surface area contributed by atoms with E-state index in [9.17, 15) is 10.1 Å². The number of ether oxygens (including phenoxy) is 2. The van der Waals surface area contributed by atoms with Crippen molar-refractivity contribution in [1.29, 1.82) is 0 Å². The highest BCUT2D eigenvalue weighted by atomic mass is 16.6. The second kappa shape index (κ2) is 6.47. The van der Waals surface area contributed by atoms with Gasteiger partial charge in [0.1, 0.15) is 6.33 Å². The minimum atomic E-state index is -0.471. The average molecular weight is 287 g/mol. The number of nitro groups is 1. The van der Waals surface area contributed by atoms with Gasteiger partial charge in [-0.2, -0.15) is 0 Å². The highest BCUT2D eigenvalue weighted by molar-refractivity contribution is 5.75. The molecule has 108 valence electrons. The summed E-state index contributed by atoms with van der Waals surface area (Å²) in [6.07, 6.45) is 6.26. The van der Waals surface area contributed by atoms with E-state index in [1.54, 1.807) is 30.5 Å².